The molecule has 4 aromatic rings. The largest absolute Gasteiger partial charge is 0.389 e. The van der Waals surface area contributed by atoms with E-state index in [4.69, 9.17) is 11.5 Å². The first kappa shape index (κ1) is 41.7. The minimum absolute atomic E-state index is 0.0274. The highest BCUT2D eigenvalue weighted by atomic mass is 16.3. The molecular weight excluding hydrogens is 681 g/mol. The number of amides is 4. The monoisotopic (exact) mass is 734 g/mol. The number of benzene rings is 2. The van der Waals surface area contributed by atoms with Crippen LogP contribution in [0.5, 0.6) is 0 Å². The highest BCUT2D eigenvalue weighted by Gasteiger charge is 2.45. The Morgan fingerprint density at radius 1 is 0.574 bits per heavy atom. The third kappa shape index (κ3) is 11.4. The number of rotatable bonds is 18. The summed E-state index contributed by atoms with van der Waals surface area (Å²) in [4.78, 5) is 68.6. The molecular formula is C43H54N6O5. The second-order valence-corrected chi connectivity index (χ2v) is 14.4. The Kier molecular flexibility index (Phi) is 15.7. The summed E-state index contributed by atoms with van der Waals surface area (Å²) in [5.41, 5.74) is 15.7. The lowest BCUT2D eigenvalue weighted by Crippen LogP contribution is -2.64. The Morgan fingerprint density at radius 3 is 1.24 bits per heavy atom. The molecule has 0 fully saturated rings. The van der Waals surface area contributed by atoms with Gasteiger partial charge in [0.1, 0.15) is 0 Å². The minimum atomic E-state index is -1.62. The van der Waals surface area contributed by atoms with Crippen LogP contribution < -0.4 is 11.5 Å². The molecule has 4 rings (SSSR count). The molecule has 286 valence electrons. The van der Waals surface area contributed by atoms with Gasteiger partial charge in [-0.05, 0) is 72.9 Å². The molecule has 0 saturated carbocycles. The van der Waals surface area contributed by atoms with Gasteiger partial charge in [-0.1, -0.05) is 100 Å². The molecule has 5 N–H and O–H groups in total. The van der Waals surface area contributed by atoms with Crippen molar-refractivity contribution in [1.82, 2.24) is 19.8 Å². The Balaban J connectivity index is 1.88. The molecule has 0 aliphatic rings. The maximum absolute atomic E-state index is 14.4. The number of aliphatic hydroxyl groups excluding tert-OH is 1. The predicted molar refractivity (Wildman–Crippen MR) is 208 cm³/mol. The molecule has 0 saturated heterocycles. The summed E-state index contributed by atoms with van der Waals surface area (Å²) in [6.07, 6.45) is 1.98. The molecule has 2 aromatic carbocycles. The molecule has 2 heterocycles. The normalized spacial score (nSPS) is 14.2. The maximum Gasteiger partial charge on any atom is 0.246 e. The summed E-state index contributed by atoms with van der Waals surface area (Å²) in [6.45, 7) is 7.14. The number of hydrogen-bond acceptors (Lipinski definition) is 9. The Morgan fingerprint density at radius 2 is 0.926 bits per heavy atom. The van der Waals surface area contributed by atoms with E-state index in [1.807, 2.05) is 72.8 Å². The van der Waals surface area contributed by atoms with Crippen molar-refractivity contribution in [3.8, 4) is 0 Å². The van der Waals surface area contributed by atoms with Crippen LogP contribution in [0, 0.1) is 11.8 Å². The molecule has 11 heteroatoms. The van der Waals surface area contributed by atoms with E-state index in [1.54, 1.807) is 64.4 Å². The van der Waals surface area contributed by atoms with Crippen molar-refractivity contribution in [1.29, 1.82) is 0 Å². The lowest BCUT2D eigenvalue weighted by molar-refractivity contribution is -0.157. The molecule has 11 nitrogen and oxygen atoms in total. The van der Waals surface area contributed by atoms with E-state index in [0.717, 1.165) is 20.9 Å². The molecule has 0 radical (unpaired) electrons. The smallest absolute Gasteiger partial charge is 0.246 e. The van der Waals surface area contributed by atoms with Crippen molar-refractivity contribution in [2.45, 2.75) is 96.5 Å². The van der Waals surface area contributed by atoms with Crippen molar-refractivity contribution < 1.29 is 24.3 Å². The predicted octanol–water partition coefficient (Wildman–Crippen LogP) is 4.30. The van der Waals surface area contributed by atoms with Crippen LogP contribution in [0.1, 0.15) is 63.1 Å². The van der Waals surface area contributed by atoms with Crippen LogP contribution in [0.2, 0.25) is 0 Å². The van der Waals surface area contributed by atoms with Gasteiger partial charge in [0.15, 0.2) is 0 Å². The number of aryl methyl sites for hydroxylation is 2. The lowest BCUT2D eigenvalue weighted by atomic mass is 9.88. The van der Waals surface area contributed by atoms with Gasteiger partial charge in [-0.15, -0.1) is 0 Å². The molecule has 54 heavy (non-hydrogen) atoms. The van der Waals surface area contributed by atoms with E-state index >= 15 is 0 Å². The number of carbonyl (C=O) groups excluding carboxylic acids is 4. The number of aromatic nitrogens is 2. The molecule has 0 aliphatic heterocycles. The third-order valence-electron chi connectivity index (χ3n) is 9.69. The fourth-order valence-corrected chi connectivity index (χ4v) is 6.33. The second kappa shape index (κ2) is 20.4. The number of nitrogens with zero attached hydrogens (tertiary/aromatic N) is 4. The van der Waals surface area contributed by atoms with Gasteiger partial charge in [-0.3, -0.25) is 38.9 Å². The van der Waals surface area contributed by atoms with Crippen molar-refractivity contribution in [3.63, 3.8) is 0 Å². The first-order chi connectivity index (χ1) is 25.9. The lowest BCUT2D eigenvalue weighted by Gasteiger charge is -2.42. The average Bonchev–Trinajstić information content (AvgIpc) is 3.19. The van der Waals surface area contributed by atoms with E-state index in [1.165, 1.54) is 0 Å². The highest BCUT2D eigenvalue weighted by Crippen LogP contribution is 2.26. The van der Waals surface area contributed by atoms with Gasteiger partial charge < -0.3 is 16.6 Å². The van der Waals surface area contributed by atoms with Gasteiger partial charge in [0.25, 0.3) is 0 Å². The summed E-state index contributed by atoms with van der Waals surface area (Å²) in [5.74, 6) is -3.11. The fraction of sp³-hybridized carbons (Fsp3) is 0.395. The van der Waals surface area contributed by atoms with Crippen LogP contribution in [0.3, 0.4) is 0 Å². The van der Waals surface area contributed by atoms with Crippen LogP contribution in [0.15, 0.2) is 109 Å². The van der Waals surface area contributed by atoms with E-state index in [-0.39, 0.29) is 50.4 Å². The van der Waals surface area contributed by atoms with Crippen LogP contribution in [-0.2, 0) is 44.9 Å². The van der Waals surface area contributed by atoms with Crippen LogP contribution in [0.25, 0.3) is 0 Å². The summed E-state index contributed by atoms with van der Waals surface area (Å²) in [6, 6.07) is 24.5. The van der Waals surface area contributed by atoms with Crippen LogP contribution >= 0.6 is 0 Å². The van der Waals surface area contributed by atoms with Gasteiger partial charge in [-0.2, -0.15) is 0 Å². The second-order valence-electron chi connectivity index (χ2n) is 14.4. The Labute approximate surface area is 318 Å². The maximum atomic E-state index is 14.4. The van der Waals surface area contributed by atoms with E-state index < -0.39 is 53.9 Å². The van der Waals surface area contributed by atoms with Crippen molar-refractivity contribution in [2.24, 2.45) is 23.3 Å². The SMILES string of the molecule is CC(C)[C@H](N)C(=O)N(C(=O)CCc1ccccn1)C(Cc1ccccc1)C(O)C(Cc1ccccc1)N(C(=O)CCc1ccccn1)C(=O)[C@@H](N)C(C)C. The topological polar surface area (TPSA) is 173 Å². The number of carbonyl (C=O) groups is 4. The molecule has 2 unspecified atom stereocenters. The summed E-state index contributed by atoms with van der Waals surface area (Å²) >= 11 is 0. The van der Waals surface area contributed by atoms with Crippen molar-refractivity contribution in [3.05, 3.63) is 132 Å². The number of pyridine rings is 2. The Bertz CT molecular complexity index is 1640. The number of imide groups is 2. The van der Waals surface area contributed by atoms with Gasteiger partial charge in [0.05, 0.1) is 30.3 Å². The van der Waals surface area contributed by atoms with Crippen molar-refractivity contribution in [2.75, 3.05) is 0 Å². The van der Waals surface area contributed by atoms with E-state index in [9.17, 15) is 24.3 Å². The van der Waals surface area contributed by atoms with Gasteiger partial charge in [0, 0.05) is 36.6 Å². The number of hydrogen-bond donors (Lipinski definition) is 3. The zero-order valence-corrected chi connectivity index (χ0v) is 31.7. The summed E-state index contributed by atoms with van der Waals surface area (Å²) < 4.78 is 0. The fourth-order valence-electron chi connectivity index (χ4n) is 6.33. The first-order valence-electron chi connectivity index (χ1n) is 18.7. The van der Waals surface area contributed by atoms with Crippen LogP contribution in [0.4, 0.5) is 0 Å². The van der Waals surface area contributed by atoms with Gasteiger partial charge in [-0.25, -0.2) is 0 Å². The van der Waals surface area contributed by atoms with E-state index in [0.29, 0.717) is 11.4 Å². The molecule has 0 spiro atoms. The summed E-state index contributed by atoms with van der Waals surface area (Å²) in [5, 5.41) is 12.8. The molecule has 4 atom stereocenters. The van der Waals surface area contributed by atoms with Gasteiger partial charge in [0.2, 0.25) is 23.6 Å². The highest BCUT2D eigenvalue weighted by molar-refractivity contribution is 5.99. The minimum Gasteiger partial charge on any atom is -0.389 e. The first-order valence-corrected chi connectivity index (χ1v) is 18.7. The van der Waals surface area contributed by atoms with Gasteiger partial charge >= 0.3 is 0 Å². The third-order valence-corrected chi connectivity index (χ3v) is 9.69. The number of nitrogens with two attached hydrogens (primary N) is 2. The van der Waals surface area contributed by atoms with Crippen LogP contribution in [-0.4, -0.2) is 78.8 Å². The zero-order valence-electron chi connectivity index (χ0n) is 31.7. The standard InChI is InChI=1S/C43H54N6O5/c1-29(2)39(44)42(53)48(37(50)23-21-33-19-11-13-25-46-33)35(27-31-15-7-5-8-16-31)41(52)36(28-32-17-9-6-10-18-32)49(43(54)40(45)30(3)4)38(51)24-22-34-20-12-14-26-47-34/h5-20,25-26,29-30,35-36,39-41,52H,21-24,27-28,44-45H2,1-4H3/t35?,36?,39-,40-,41?/m0/s1. The molecule has 4 amide bonds. The number of aliphatic hydroxyl groups is 1. The van der Waals surface area contributed by atoms with E-state index in [2.05, 4.69) is 9.97 Å². The Hall–Kier alpha value is -5.10. The van der Waals surface area contributed by atoms with Crippen molar-refractivity contribution >= 4 is 23.6 Å². The average molecular weight is 735 g/mol. The molecule has 0 aliphatic carbocycles. The molecule has 2 aromatic heterocycles. The quantitative estimate of drug-likeness (QED) is 0.135. The zero-order chi connectivity index (χ0) is 39.2. The molecule has 0 bridgehead atoms. The summed E-state index contributed by atoms with van der Waals surface area (Å²) in [7, 11) is 0.